The third-order valence-electron chi connectivity index (χ3n) is 4.14. The molecule has 1 unspecified atom stereocenters. The normalized spacial score (nSPS) is 15.2. The monoisotopic (exact) mass is 357 g/mol. The van der Waals surface area contributed by atoms with Crippen molar-refractivity contribution in [1.29, 1.82) is 0 Å². The maximum absolute atomic E-state index is 12.9. The number of hydrogen-bond donors (Lipinski definition) is 3. The van der Waals surface area contributed by atoms with Crippen LogP contribution in [0.3, 0.4) is 0 Å². The average Bonchev–Trinajstić information content (AvgIpc) is 2.42. The van der Waals surface area contributed by atoms with Crippen LogP contribution in [0.5, 0.6) is 0 Å². The van der Waals surface area contributed by atoms with Gasteiger partial charge in [0.15, 0.2) is 5.60 Å². The average molecular weight is 358 g/mol. The molecule has 2 heterocycles. The van der Waals surface area contributed by atoms with Crippen LogP contribution in [0.4, 0.5) is 13.2 Å². The lowest BCUT2D eigenvalue weighted by Gasteiger charge is -2.32. The predicted octanol–water partition coefficient (Wildman–Crippen LogP) is 4.46. The van der Waals surface area contributed by atoms with Gasteiger partial charge in [-0.1, -0.05) is 31.5 Å². The van der Waals surface area contributed by atoms with Crippen LogP contribution in [-0.2, 0) is 11.8 Å². The second-order valence-corrected chi connectivity index (χ2v) is 6.37. The number of nitrogens with one attached hydrogen (secondary N) is 2. The molecule has 0 saturated heterocycles. The van der Waals surface area contributed by atoms with E-state index in [1.807, 2.05) is 13.8 Å². The minimum atomic E-state index is -4.53. The van der Waals surface area contributed by atoms with Crippen LogP contribution in [0.1, 0.15) is 30.8 Å². The number of benzene rings is 1. The quantitative estimate of drug-likeness (QED) is 0.648. The van der Waals surface area contributed by atoms with Crippen molar-refractivity contribution >= 4 is 22.5 Å². The molecule has 0 amide bonds. The minimum absolute atomic E-state index is 0.215. The van der Waals surface area contributed by atoms with Gasteiger partial charge in [0.1, 0.15) is 0 Å². The zero-order chi connectivity index (χ0) is 17.7. The van der Waals surface area contributed by atoms with Crippen molar-refractivity contribution in [3.8, 4) is 0 Å². The van der Waals surface area contributed by atoms with Crippen LogP contribution in [0.15, 0.2) is 30.5 Å². The van der Waals surface area contributed by atoms with Gasteiger partial charge in [-0.3, -0.25) is 0 Å². The fourth-order valence-electron chi connectivity index (χ4n) is 2.67. The van der Waals surface area contributed by atoms with E-state index in [0.717, 1.165) is 6.07 Å². The van der Waals surface area contributed by atoms with Crippen LogP contribution >= 0.6 is 11.6 Å². The Kier molecular flexibility index (Phi) is 3.88. The molecule has 0 spiro atoms. The van der Waals surface area contributed by atoms with Crippen molar-refractivity contribution < 1.29 is 18.3 Å². The first-order valence-electron chi connectivity index (χ1n) is 7.26. The summed E-state index contributed by atoms with van der Waals surface area (Å²) in [7, 11) is 0. The second-order valence-electron chi connectivity index (χ2n) is 5.97. The van der Waals surface area contributed by atoms with Crippen molar-refractivity contribution in [2.75, 3.05) is 0 Å². The number of alkyl halides is 3. The Labute approximate surface area is 140 Å². The van der Waals surface area contributed by atoms with Gasteiger partial charge < -0.3 is 15.3 Å². The highest BCUT2D eigenvalue weighted by molar-refractivity contribution is 6.32. The van der Waals surface area contributed by atoms with Gasteiger partial charge in [0.2, 0.25) is 0 Å². The molecule has 0 aliphatic heterocycles. The molecule has 1 aromatic carbocycles. The van der Waals surface area contributed by atoms with Crippen LogP contribution in [-0.4, -0.2) is 20.3 Å². The number of halogens is 4. The summed E-state index contributed by atoms with van der Waals surface area (Å²) in [5.41, 5.74) is -1.12. The molecule has 3 N–H and O–H groups in total. The van der Waals surface area contributed by atoms with Gasteiger partial charge in [-0.05, 0) is 24.1 Å². The number of H-pyrrole nitrogens is 2. The first-order chi connectivity index (χ1) is 11.1. The van der Waals surface area contributed by atoms with E-state index in [-0.39, 0.29) is 11.4 Å². The number of rotatable bonds is 3. The summed E-state index contributed by atoms with van der Waals surface area (Å²) in [6.45, 7) is 3.65. The largest absolute Gasteiger partial charge is 0.417 e. The number of fused-ring (bicyclic) bond motifs is 1. The van der Waals surface area contributed by atoms with Crippen molar-refractivity contribution in [2.24, 2.45) is 5.92 Å². The molecule has 8 heteroatoms. The van der Waals surface area contributed by atoms with Crippen LogP contribution in [0, 0.1) is 5.92 Å². The molecule has 3 rings (SSSR count). The number of hydrogen-bond acceptors (Lipinski definition) is 2. The van der Waals surface area contributed by atoms with Crippen LogP contribution in [0.2, 0.25) is 5.02 Å². The summed E-state index contributed by atoms with van der Waals surface area (Å²) in [5.74, 6) is -0.215. The molecule has 0 saturated carbocycles. The van der Waals surface area contributed by atoms with Gasteiger partial charge >= 0.3 is 6.18 Å². The SMILES string of the molecule is CC(C)C(O)(c1ccc2cc(C(F)(F)F)c(Cl)cc2n1)c1c[nH][nH]1. The molecule has 3 aromatic rings. The third kappa shape index (κ3) is 2.57. The Hall–Kier alpha value is -1.99. The van der Waals surface area contributed by atoms with Crippen LogP contribution < -0.4 is 0 Å². The van der Waals surface area contributed by atoms with Gasteiger partial charge in [-0.25, -0.2) is 4.98 Å². The molecular weight excluding hydrogens is 343 g/mol. The van der Waals surface area contributed by atoms with Crippen molar-refractivity contribution in [3.05, 3.63) is 52.4 Å². The van der Waals surface area contributed by atoms with E-state index in [1.165, 1.54) is 18.2 Å². The summed E-state index contributed by atoms with van der Waals surface area (Å²) in [6, 6.07) is 5.16. The van der Waals surface area contributed by atoms with E-state index < -0.39 is 22.4 Å². The number of aliphatic hydroxyl groups is 1. The Morgan fingerprint density at radius 3 is 2.38 bits per heavy atom. The van der Waals surface area contributed by atoms with E-state index in [1.54, 1.807) is 6.20 Å². The van der Waals surface area contributed by atoms with Gasteiger partial charge in [0.05, 0.1) is 27.5 Å². The van der Waals surface area contributed by atoms with Gasteiger partial charge in [0.25, 0.3) is 0 Å². The number of aromatic amines is 2. The smallest absolute Gasteiger partial charge is 0.377 e. The molecule has 0 radical (unpaired) electrons. The Balaban J connectivity index is 2.17. The molecule has 24 heavy (non-hydrogen) atoms. The molecular formula is C16H15ClF3N3O. The molecule has 1 atom stereocenters. The highest BCUT2D eigenvalue weighted by atomic mass is 35.5. The van der Waals surface area contributed by atoms with E-state index in [2.05, 4.69) is 15.2 Å². The first kappa shape index (κ1) is 16.9. The summed E-state index contributed by atoms with van der Waals surface area (Å²) in [6.07, 6.45) is -2.92. The highest BCUT2D eigenvalue weighted by Gasteiger charge is 2.39. The minimum Gasteiger partial charge on any atom is -0.377 e. The Morgan fingerprint density at radius 1 is 1.21 bits per heavy atom. The number of pyridine rings is 1. The number of nitrogens with zero attached hydrogens (tertiary/aromatic N) is 1. The van der Waals surface area contributed by atoms with E-state index in [9.17, 15) is 18.3 Å². The van der Waals surface area contributed by atoms with E-state index in [4.69, 9.17) is 11.6 Å². The van der Waals surface area contributed by atoms with E-state index >= 15 is 0 Å². The van der Waals surface area contributed by atoms with Gasteiger partial charge in [0, 0.05) is 11.6 Å². The summed E-state index contributed by atoms with van der Waals surface area (Å²) < 4.78 is 38.8. The topological polar surface area (TPSA) is 64.7 Å². The summed E-state index contributed by atoms with van der Waals surface area (Å²) in [5, 5.41) is 16.4. The molecule has 128 valence electrons. The van der Waals surface area contributed by atoms with Crippen molar-refractivity contribution in [2.45, 2.75) is 25.6 Å². The molecule has 0 fully saturated rings. The third-order valence-corrected chi connectivity index (χ3v) is 4.46. The summed E-state index contributed by atoms with van der Waals surface area (Å²) in [4.78, 5) is 4.35. The molecule has 0 bridgehead atoms. The lowest BCUT2D eigenvalue weighted by Crippen LogP contribution is -2.37. The Morgan fingerprint density at radius 2 is 1.88 bits per heavy atom. The van der Waals surface area contributed by atoms with Gasteiger partial charge in [-0.2, -0.15) is 13.2 Å². The molecule has 0 aliphatic carbocycles. The molecule has 4 nitrogen and oxygen atoms in total. The zero-order valence-electron chi connectivity index (χ0n) is 12.9. The Bertz CT molecular complexity index is 875. The van der Waals surface area contributed by atoms with E-state index in [0.29, 0.717) is 16.8 Å². The lowest BCUT2D eigenvalue weighted by atomic mass is 9.83. The number of aromatic nitrogens is 3. The second kappa shape index (κ2) is 5.53. The maximum Gasteiger partial charge on any atom is 0.417 e. The predicted molar refractivity (Wildman–Crippen MR) is 84.7 cm³/mol. The first-order valence-corrected chi connectivity index (χ1v) is 7.64. The van der Waals surface area contributed by atoms with Crippen molar-refractivity contribution in [3.63, 3.8) is 0 Å². The maximum atomic E-state index is 12.9. The zero-order valence-corrected chi connectivity index (χ0v) is 13.6. The fourth-order valence-corrected chi connectivity index (χ4v) is 2.93. The summed E-state index contributed by atoms with van der Waals surface area (Å²) >= 11 is 5.76. The molecule has 0 aliphatic rings. The molecule has 2 aromatic heterocycles. The highest BCUT2D eigenvalue weighted by Crippen LogP contribution is 2.39. The lowest BCUT2D eigenvalue weighted by molar-refractivity contribution is -0.137. The van der Waals surface area contributed by atoms with Crippen LogP contribution in [0.25, 0.3) is 10.9 Å². The van der Waals surface area contributed by atoms with Gasteiger partial charge in [-0.15, -0.1) is 0 Å². The van der Waals surface area contributed by atoms with Crippen molar-refractivity contribution in [1.82, 2.24) is 15.2 Å². The standard InChI is InChI=1S/C16H15ClF3N3O/c1-8(2)15(24,14-7-21-23-14)13-4-3-9-5-10(16(18,19)20)11(17)6-12(9)22-13/h3-8,21,23-24H,1-2H3. The fraction of sp³-hybridized carbons (Fsp3) is 0.312.